The van der Waals surface area contributed by atoms with Gasteiger partial charge in [-0.2, -0.15) is 5.26 Å². The van der Waals surface area contributed by atoms with Gasteiger partial charge in [0.2, 0.25) is 0 Å². The van der Waals surface area contributed by atoms with Crippen LogP contribution in [0.1, 0.15) is 22.3 Å². The molecule has 4 heteroatoms. The number of hydrogen-bond donors (Lipinski definition) is 1. The van der Waals surface area contributed by atoms with Crippen LogP contribution in [0, 0.1) is 11.3 Å². The third-order valence-electron chi connectivity index (χ3n) is 3.82. The van der Waals surface area contributed by atoms with E-state index in [1.165, 1.54) is 10.9 Å². The highest BCUT2D eigenvalue weighted by atomic mass is 16.1. The number of fused-ring (bicyclic) bond motifs is 1. The van der Waals surface area contributed by atoms with E-state index < -0.39 is 0 Å². The van der Waals surface area contributed by atoms with E-state index in [9.17, 15) is 4.79 Å². The molecule has 3 rings (SSSR count). The Hall–Kier alpha value is -3.06. The SMILES string of the molecule is N#Cc1ccc(C(=O)NCCCn2ccc3ccccc32)cc1. The molecular weight excluding hydrogens is 286 g/mol. The van der Waals surface area contributed by atoms with Gasteiger partial charge in [-0.15, -0.1) is 0 Å². The Morgan fingerprint density at radius 2 is 1.87 bits per heavy atom. The van der Waals surface area contributed by atoms with Crippen molar-refractivity contribution in [1.29, 1.82) is 5.26 Å². The summed E-state index contributed by atoms with van der Waals surface area (Å²) in [6, 6.07) is 19.1. The summed E-state index contributed by atoms with van der Waals surface area (Å²) in [6.07, 6.45) is 2.94. The zero-order valence-electron chi connectivity index (χ0n) is 12.7. The molecule has 1 N–H and O–H groups in total. The summed E-state index contributed by atoms with van der Waals surface area (Å²) in [6.45, 7) is 1.48. The molecule has 1 amide bonds. The van der Waals surface area contributed by atoms with Crippen molar-refractivity contribution in [2.24, 2.45) is 0 Å². The molecule has 3 aromatic rings. The molecule has 23 heavy (non-hydrogen) atoms. The minimum Gasteiger partial charge on any atom is -0.352 e. The number of aromatic nitrogens is 1. The molecule has 1 aromatic heterocycles. The van der Waals surface area contributed by atoms with Crippen LogP contribution >= 0.6 is 0 Å². The van der Waals surface area contributed by atoms with Crippen LogP contribution in [0.3, 0.4) is 0 Å². The molecule has 0 radical (unpaired) electrons. The number of nitrogens with zero attached hydrogens (tertiary/aromatic N) is 2. The highest BCUT2D eigenvalue weighted by Crippen LogP contribution is 2.15. The normalized spacial score (nSPS) is 10.4. The van der Waals surface area contributed by atoms with Gasteiger partial charge < -0.3 is 9.88 Å². The largest absolute Gasteiger partial charge is 0.352 e. The molecule has 0 aliphatic heterocycles. The maximum atomic E-state index is 12.0. The summed E-state index contributed by atoms with van der Waals surface area (Å²) in [5, 5.41) is 12.9. The van der Waals surface area contributed by atoms with E-state index in [1.807, 2.05) is 18.2 Å². The molecule has 0 spiro atoms. The second kappa shape index (κ2) is 6.80. The van der Waals surface area contributed by atoms with Crippen LogP contribution in [0.25, 0.3) is 10.9 Å². The smallest absolute Gasteiger partial charge is 0.251 e. The summed E-state index contributed by atoms with van der Waals surface area (Å²) in [5.41, 5.74) is 2.35. The first-order valence-corrected chi connectivity index (χ1v) is 7.60. The number of aryl methyl sites for hydroxylation is 1. The summed E-state index contributed by atoms with van der Waals surface area (Å²) in [7, 11) is 0. The van der Waals surface area contributed by atoms with Crippen LogP contribution in [0.4, 0.5) is 0 Å². The minimum absolute atomic E-state index is 0.105. The van der Waals surface area contributed by atoms with Crippen molar-refractivity contribution in [3.63, 3.8) is 0 Å². The van der Waals surface area contributed by atoms with Crippen LogP contribution in [-0.4, -0.2) is 17.0 Å². The Bertz CT molecular complexity index is 856. The fraction of sp³-hybridized carbons (Fsp3) is 0.158. The molecule has 0 bridgehead atoms. The number of nitriles is 1. The van der Waals surface area contributed by atoms with Crippen molar-refractivity contribution in [3.05, 3.63) is 71.9 Å². The predicted molar refractivity (Wildman–Crippen MR) is 90.0 cm³/mol. The Morgan fingerprint density at radius 1 is 1.09 bits per heavy atom. The van der Waals surface area contributed by atoms with Gasteiger partial charge in [-0.1, -0.05) is 18.2 Å². The van der Waals surface area contributed by atoms with Gasteiger partial charge in [-0.25, -0.2) is 0 Å². The highest BCUT2D eigenvalue weighted by molar-refractivity contribution is 5.94. The van der Waals surface area contributed by atoms with Crippen molar-refractivity contribution in [2.45, 2.75) is 13.0 Å². The fourth-order valence-electron chi connectivity index (χ4n) is 2.59. The van der Waals surface area contributed by atoms with E-state index in [0.717, 1.165) is 13.0 Å². The summed E-state index contributed by atoms with van der Waals surface area (Å²) < 4.78 is 2.20. The highest BCUT2D eigenvalue weighted by Gasteiger charge is 2.05. The lowest BCUT2D eigenvalue weighted by molar-refractivity contribution is 0.0953. The standard InChI is InChI=1S/C19H17N3O/c20-14-15-6-8-17(9-7-15)19(23)21-11-3-12-22-13-10-16-4-1-2-5-18(16)22/h1-2,4-10,13H,3,11-12H2,(H,21,23). The van der Waals surface area contributed by atoms with Gasteiger partial charge in [0.05, 0.1) is 11.6 Å². The topological polar surface area (TPSA) is 57.8 Å². The molecule has 2 aromatic carbocycles. The Morgan fingerprint density at radius 3 is 2.65 bits per heavy atom. The first-order valence-electron chi connectivity index (χ1n) is 7.60. The first-order chi connectivity index (χ1) is 11.3. The minimum atomic E-state index is -0.105. The van der Waals surface area contributed by atoms with Crippen LogP contribution in [-0.2, 0) is 6.54 Å². The van der Waals surface area contributed by atoms with Crippen molar-refractivity contribution >= 4 is 16.8 Å². The fourth-order valence-corrected chi connectivity index (χ4v) is 2.59. The second-order valence-electron chi connectivity index (χ2n) is 5.37. The lowest BCUT2D eigenvalue weighted by atomic mass is 10.1. The number of rotatable bonds is 5. The number of carbonyl (C=O) groups excluding carboxylic acids is 1. The lowest BCUT2D eigenvalue weighted by Gasteiger charge is -2.07. The van der Waals surface area contributed by atoms with Gasteiger partial charge in [0, 0.05) is 30.4 Å². The monoisotopic (exact) mass is 303 g/mol. The molecule has 0 saturated heterocycles. The summed E-state index contributed by atoms with van der Waals surface area (Å²) in [4.78, 5) is 12.0. The molecule has 0 saturated carbocycles. The first kappa shape index (κ1) is 14.9. The van der Waals surface area contributed by atoms with Gasteiger partial charge in [0.25, 0.3) is 5.91 Å². The van der Waals surface area contributed by atoms with Gasteiger partial charge in [-0.3, -0.25) is 4.79 Å². The maximum absolute atomic E-state index is 12.0. The maximum Gasteiger partial charge on any atom is 0.251 e. The quantitative estimate of drug-likeness (QED) is 0.735. The molecule has 1 heterocycles. The number of carbonyl (C=O) groups is 1. The van der Waals surface area contributed by atoms with E-state index in [4.69, 9.17) is 5.26 Å². The Kier molecular flexibility index (Phi) is 4.39. The average Bonchev–Trinajstić information content (AvgIpc) is 3.02. The molecule has 0 unspecified atom stereocenters. The van der Waals surface area contributed by atoms with Gasteiger partial charge in [0.1, 0.15) is 0 Å². The van der Waals surface area contributed by atoms with Crippen molar-refractivity contribution in [1.82, 2.24) is 9.88 Å². The van der Waals surface area contributed by atoms with E-state index >= 15 is 0 Å². The molecule has 114 valence electrons. The van der Waals surface area contributed by atoms with E-state index in [2.05, 4.69) is 34.3 Å². The molecule has 0 aliphatic carbocycles. The van der Waals surface area contributed by atoms with Gasteiger partial charge in [-0.05, 0) is 48.2 Å². The number of para-hydroxylation sites is 1. The van der Waals surface area contributed by atoms with Crippen LogP contribution in [0.15, 0.2) is 60.8 Å². The lowest BCUT2D eigenvalue weighted by Crippen LogP contribution is -2.25. The number of nitrogens with one attached hydrogen (secondary N) is 1. The Balaban J connectivity index is 1.51. The van der Waals surface area contributed by atoms with Crippen LogP contribution < -0.4 is 5.32 Å². The summed E-state index contributed by atoms with van der Waals surface area (Å²) >= 11 is 0. The molecule has 4 nitrogen and oxygen atoms in total. The molecule has 0 aliphatic rings. The number of hydrogen-bond acceptors (Lipinski definition) is 2. The third-order valence-corrected chi connectivity index (χ3v) is 3.82. The van der Waals surface area contributed by atoms with Crippen molar-refractivity contribution in [3.8, 4) is 6.07 Å². The van der Waals surface area contributed by atoms with E-state index in [-0.39, 0.29) is 5.91 Å². The molecule has 0 fully saturated rings. The number of amides is 1. The van der Waals surface area contributed by atoms with E-state index in [1.54, 1.807) is 24.3 Å². The second-order valence-corrected chi connectivity index (χ2v) is 5.37. The van der Waals surface area contributed by atoms with E-state index in [0.29, 0.717) is 17.7 Å². The number of benzene rings is 2. The zero-order chi connectivity index (χ0) is 16.1. The Labute approximate surface area is 135 Å². The zero-order valence-corrected chi connectivity index (χ0v) is 12.7. The third kappa shape index (κ3) is 3.41. The van der Waals surface area contributed by atoms with Gasteiger partial charge in [0.15, 0.2) is 0 Å². The average molecular weight is 303 g/mol. The molecular formula is C19H17N3O. The van der Waals surface area contributed by atoms with Crippen molar-refractivity contribution in [2.75, 3.05) is 6.54 Å². The van der Waals surface area contributed by atoms with Crippen LogP contribution in [0.5, 0.6) is 0 Å². The van der Waals surface area contributed by atoms with Crippen molar-refractivity contribution < 1.29 is 4.79 Å². The van der Waals surface area contributed by atoms with Crippen LogP contribution in [0.2, 0.25) is 0 Å². The molecule has 0 atom stereocenters. The van der Waals surface area contributed by atoms with Gasteiger partial charge >= 0.3 is 0 Å². The summed E-state index contributed by atoms with van der Waals surface area (Å²) in [5.74, 6) is -0.105. The predicted octanol–water partition coefficient (Wildman–Crippen LogP) is 3.33.